The normalized spacial score (nSPS) is 17.6. The molecule has 4 rings (SSSR count). The van der Waals surface area contributed by atoms with E-state index in [1.54, 1.807) is 0 Å². The highest BCUT2D eigenvalue weighted by atomic mass is 16.2. The lowest BCUT2D eigenvalue weighted by Gasteiger charge is -2.21. The van der Waals surface area contributed by atoms with Gasteiger partial charge >= 0.3 is 0 Å². The molecule has 4 heteroatoms. The van der Waals surface area contributed by atoms with Crippen LogP contribution in [0.1, 0.15) is 36.2 Å². The molecule has 1 atom stereocenters. The summed E-state index contributed by atoms with van der Waals surface area (Å²) in [6, 6.07) is 14.4. The molecule has 128 valence electrons. The number of hydrogen-bond acceptors (Lipinski definition) is 2. The molecule has 0 radical (unpaired) electrons. The summed E-state index contributed by atoms with van der Waals surface area (Å²) >= 11 is 0. The van der Waals surface area contributed by atoms with Crippen molar-refractivity contribution in [2.75, 3.05) is 11.4 Å². The molecule has 1 fully saturated rings. The Balaban J connectivity index is 1.74. The van der Waals surface area contributed by atoms with Crippen LogP contribution < -0.4 is 4.90 Å². The highest BCUT2D eigenvalue weighted by molar-refractivity contribution is 5.98. The lowest BCUT2D eigenvalue weighted by Crippen LogP contribution is -2.26. The molecule has 0 bridgehead atoms. The van der Waals surface area contributed by atoms with Gasteiger partial charge in [-0.15, -0.1) is 0 Å². The van der Waals surface area contributed by atoms with E-state index in [1.807, 2.05) is 29.2 Å². The number of hydrogen-bond donors (Lipinski definition) is 0. The Morgan fingerprint density at radius 2 is 1.80 bits per heavy atom. The van der Waals surface area contributed by atoms with Crippen LogP contribution in [0.15, 0.2) is 42.5 Å². The molecule has 1 amide bonds. The van der Waals surface area contributed by atoms with Crippen molar-refractivity contribution in [3.8, 4) is 0 Å². The minimum absolute atomic E-state index is 0.138. The molecular weight excluding hydrogens is 310 g/mol. The first kappa shape index (κ1) is 15.9. The molecule has 1 aliphatic heterocycles. The van der Waals surface area contributed by atoms with Gasteiger partial charge in [0.05, 0.1) is 11.0 Å². The summed E-state index contributed by atoms with van der Waals surface area (Å²) in [5, 5.41) is 0. The van der Waals surface area contributed by atoms with Crippen LogP contribution in [-0.4, -0.2) is 22.0 Å². The number of rotatable bonds is 3. The Morgan fingerprint density at radius 3 is 2.52 bits per heavy atom. The highest BCUT2D eigenvalue weighted by Gasteiger charge is 2.35. The second kappa shape index (κ2) is 6.03. The maximum absolute atomic E-state index is 12.8. The molecule has 1 aliphatic rings. The van der Waals surface area contributed by atoms with Crippen LogP contribution in [0.3, 0.4) is 0 Å². The topological polar surface area (TPSA) is 38.1 Å². The summed E-state index contributed by atoms with van der Waals surface area (Å²) in [4.78, 5) is 19.6. The Labute approximate surface area is 148 Å². The number of benzene rings is 2. The third kappa shape index (κ3) is 2.53. The fourth-order valence-electron chi connectivity index (χ4n) is 4.07. The maximum Gasteiger partial charge on any atom is 0.227 e. The van der Waals surface area contributed by atoms with E-state index in [-0.39, 0.29) is 11.8 Å². The molecule has 4 nitrogen and oxygen atoms in total. The average molecular weight is 333 g/mol. The van der Waals surface area contributed by atoms with Gasteiger partial charge in [0.1, 0.15) is 5.82 Å². The second-order valence-electron chi connectivity index (χ2n) is 6.85. The van der Waals surface area contributed by atoms with Gasteiger partial charge in [0.15, 0.2) is 0 Å². The molecule has 1 aromatic heterocycles. The fourth-order valence-corrected chi connectivity index (χ4v) is 4.07. The number of fused-ring (bicyclic) bond motifs is 1. The SMILES string of the molecule is CCn1c(C2CC(=O)N(c3c(C)cccc3C)C2)nc2ccccc21. The van der Waals surface area contributed by atoms with Gasteiger partial charge in [-0.1, -0.05) is 30.3 Å². The maximum atomic E-state index is 12.8. The van der Waals surface area contributed by atoms with Crippen LogP contribution in [0.2, 0.25) is 0 Å². The van der Waals surface area contributed by atoms with Gasteiger partial charge in [0.2, 0.25) is 5.91 Å². The number of para-hydroxylation sites is 3. The van der Waals surface area contributed by atoms with Crippen molar-refractivity contribution in [1.82, 2.24) is 9.55 Å². The van der Waals surface area contributed by atoms with Crippen molar-refractivity contribution >= 4 is 22.6 Å². The zero-order chi connectivity index (χ0) is 17.6. The predicted octanol–water partition coefficient (Wildman–Crippen LogP) is 4.19. The largest absolute Gasteiger partial charge is 0.328 e. The summed E-state index contributed by atoms with van der Waals surface area (Å²) < 4.78 is 2.25. The summed E-state index contributed by atoms with van der Waals surface area (Å²) in [6.07, 6.45) is 0.525. The van der Waals surface area contributed by atoms with E-state index in [1.165, 1.54) is 0 Å². The minimum Gasteiger partial charge on any atom is -0.328 e. The molecular formula is C21H23N3O. The molecule has 0 aliphatic carbocycles. The van der Waals surface area contributed by atoms with Crippen molar-refractivity contribution < 1.29 is 4.79 Å². The smallest absolute Gasteiger partial charge is 0.227 e. The number of carbonyl (C=O) groups is 1. The van der Waals surface area contributed by atoms with E-state index < -0.39 is 0 Å². The lowest BCUT2D eigenvalue weighted by molar-refractivity contribution is -0.117. The van der Waals surface area contributed by atoms with E-state index >= 15 is 0 Å². The third-order valence-electron chi connectivity index (χ3n) is 5.20. The molecule has 25 heavy (non-hydrogen) atoms. The van der Waals surface area contributed by atoms with Gasteiger partial charge in [0.25, 0.3) is 0 Å². The third-order valence-corrected chi connectivity index (χ3v) is 5.20. The van der Waals surface area contributed by atoms with Crippen molar-refractivity contribution in [3.63, 3.8) is 0 Å². The predicted molar refractivity (Wildman–Crippen MR) is 101 cm³/mol. The lowest BCUT2D eigenvalue weighted by atomic mass is 10.1. The molecule has 1 unspecified atom stereocenters. The van der Waals surface area contributed by atoms with Crippen LogP contribution >= 0.6 is 0 Å². The van der Waals surface area contributed by atoms with Crippen molar-refractivity contribution in [3.05, 3.63) is 59.4 Å². The average Bonchev–Trinajstić information content (AvgIpc) is 3.15. The number of amides is 1. The number of aryl methyl sites for hydroxylation is 3. The Morgan fingerprint density at radius 1 is 1.08 bits per heavy atom. The summed E-state index contributed by atoms with van der Waals surface area (Å²) in [5.41, 5.74) is 5.53. The van der Waals surface area contributed by atoms with Crippen molar-refractivity contribution in [2.45, 2.75) is 39.7 Å². The van der Waals surface area contributed by atoms with Crippen LogP contribution in [-0.2, 0) is 11.3 Å². The van der Waals surface area contributed by atoms with Gasteiger partial charge in [0, 0.05) is 31.1 Å². The monoisotopic (exact) mass is 333 g/mol. The molecule has 0 saturated carbocycles. The van der Waals surface area contributed by atoms with Crippen LogP contribution in [0.5, 0.6) is 0 Å². The van der Waals surface area contributed by atoms with Crippen LogP contribution in [0, 0.1) is 13.8 Å². The number of nitrogens with zero attached hydrogens (tertiary/aromatic N) is 3. The van der Waals surface area contributed by atoms with E-state index in [2.05, 4.69) is 43.5 Å². The molecule has 3 aromatic rings. The van der Waals surface area contributed by atoms with E-state index in [0.29, 0.717) is 13.0 Å². The van der Waals surface area contributed by atoms with Gasteiger partial charge in [-0.2, -0.15) is 0 Å². The van der Waals surface area contributed by atoms with E-state index in [9.17, 15) is 4.79 Å². The van der Waals surface area contributed by atoms with Crippen LogP contribution in [0.4, 0.5) is 5.69 Å². The number of carbonyl (C=O) groups excluding carboxylic acids is 1. The first-order valence-corrected chi connectivity index (χ1v) is 8.92. The Hall–Kier alpha value is -2.62. The second-order valence-corrected chi connectivity index (χ2v) is 6.85. The van der Waals surface area contributed by atoms with Gasteiger partial charge in [-0.05, 0) is 44.0 Å². The first-order valence-electron chi connectivity index (χ1n) is 8.92. The zero-order valence-corrected chi connectivity index (χ0v) is 15.0. The summed E-state index contributed by atoms with van der Waals surface area (Å²) in [6.45, 7) is 7.85. The summed E-state index contributed by atoms with van der Waals surface area (Å²) in [5.74, 6) is 1.36. The van der Waals surface area contributed by atoms with Crippen molar-refractivity contribution in [2.24, 2.45) is 0 Å². The van der Waals surface area contributed by atoms with Gasteiger partial charge in [-0.25, -0.2) is 4.98 Å². The minimum atomic E-state index is 0.138. The molecule has 0 spiro atoms. The molecule has 2 aromatic carbocycles. The molecule has 2 heterocycles. The van der Waals surface area contributed by atoms with Gasteiger partial charge < -0.3 is 9.47 Å². The standard InChI is InChI=1S/C21H23N3O/c1-4-23-18-11-6-5-10-17(18)22-21(23)16-12-19(25)24(13-16)20-14(2)8-7-9-15(20)3/h5-11,16H,4,12-13H2,1-3H3. The fraction of sp³-hybridized carbons (Fsp3) is 0.333. The summed E-state index contributed by atoms with van der Waals surface area (Å²) in [7, 11) is 0. The number of anilines is 1. The first-order chi connectivity index (χ1) is 12.1. The van der Waals surface area contributed by atoms with Crippen molar-refractivity contribution in [1.29, 1.82) is 0 Å². The quantitative estimate of drug-likeness (QED) is 0.721. The number of aromatic nitrogens is 2. The zero-order valence-electron chi connectivity index (χ0n) is 15.0. The Kier molecular flexibility index (Phi) is 3.83. The highest BCUT2D eigenvalue weighted by Crippen LogP contribution is 2.35. The Bertz CT molecular complexity index is 937. The van der Waals surface area contributed by atoms with E-state index in [0.717, 1.165) is 40.2 Å². The van der Waals surface area contributed by atoms with Gasteiger partial charge in [-0.3, -0.25) is 4.79 Å². The number of imidazole rings is 1. The van der Waals surface area contributed by atoms with Crippen LogP contribution in [0.25, 0.3) is 11.0 Å². The molecule has 0 N–H and O–H groups in total. The molecule has 1 saturated heterocycles. The van der Waals surface area contributed by atoms with E-state index in [4.69, 9.17) is 4.98 Å².